The van der Waals surface area contributed by atoms with Crippen LogP contribution in [0.1, 0.15) is 5.56 Å². The van der Waals surface area contributed by atoms with Gasteiger partial charge in [0.25, 0.3) is 0 Å². The maximum absolute atomic E-state index is 11.0. The Morgan fingerprint density at radius 3 is 2.77 bits per heavy atom. The first kappa shape index (κ1) is 8.26. The largest absolute Gasteiger partial charge is 0.459 e. The molecule has 3 nitrogen and oxygen atoms in total. The van der Waals surface area contributed by atoms with Gasteiger partial charge in [0.1, 0.15) is 6.61 Å². The molecule has 1 atom stereocenters. The van der Waals surface area contributed by atoms with Crippen LogP contribution in [0.3, 0.4) is 0 Å². The van der Waals surface area contributed by atoms with Crippen LogP contribution in [0.15, 0.2) is 30.3 Å². The average molecular weight is 178 g/mol. The first-order valence-corrected chi connectivity index (χ1v) is 4.18. The molecule has 0 spiro atoms. The van der Waals surface area contributed by atoms with E-state index in [2.05, 4.69) is 0 Å². The topological polar surface area (TPSA) is 38.8 Å². The number of carbonyl (C=O) groups excluding carboxylic acids is 1. The third kappa shape index (κ3) is 2.29. The molecule has 1 aliphatic rings. The lowest BCUT2D eigenvalue weighted by atomic mass is 10.2. The summed E-state index contributed by atoms with van der Waals surface area (Å²) >= 11 is 0. The van der Waals surface area contributed by atoms with Crippen molar-refractivity contribution in [3.05, 3.63) is 35.9 Å². The summed E-state index contributed by atoms with van der Waals surface area (Å²) in [6.45, 7) is 0.840. The van der Waals surface area contributed by atoms with E-state index in [0.29, 0.717) is 13.2 Å². The number of hydrogen-bond donors (Lipinski definition) is 0. The highest BCUT2D eigenvalue weighted by Crippen LogP contribution is 2.11. The summed E-state index contributed by atoms with van der Waals surface area (Å²) in [6, 6.07) is 9.59. The molecular formula is C10H10O3. The van der Waals surface area contributed by atoms with Crippen LogP contribution < -0.4 is 0 Å². The molecule has 1 saturated heterocycles. The molecule has 68 valence electrons. The van der Waals surface area contributed by atoms with Gasteiger partial charge in [0.2, 0.25) is 0 Å². The molecule has 0 N–H and O–H groups in total. The van der Waals surface area contributed by atoms with E-state index in [0.717, 1.165) is 5.56 Å². The van der Waals surface area contributed by atoms with Gasteiger partial charge in [0.05, 0.1) is 6.61 Å². The molecule has 0 bridgehead atoms. The molecule has 1 aromatic carbocycles. The smallest absolute Gasteiger partial charge is 0.338 e. The predicted octanol–water partition coefficient (Wildman–Crippen LogP) is 1.13. The summed E-state index contributed by atoms with van der Waals surface area (Å²) in [7, 11) is 0. The first-order valence-electron chi connectivity index (χ1n) is 4.18. The van der Waals surface area contributed by atoms with Gasteiger partial charge < -0.3 is 9.47 Å². The van der Waals surface area contributed by atoms with Crippen LogP contribution in [0.4, 0.5) is 0 Å². The minimum Gasteiger partial charge on any atom is -0.459 e. The van der Waals surface area contributed by atoms with Gasteiger partial charge in [0.15, 0.2) is 6.10 Å². The van der Waals surface area contributed by atoms with Crippen molar-refractivity contribution in [3.63, 3.8) is 0 Å². The van der Waals surface area contributed by atoms with Crippen molar-refractivity contribution in [2.24, 2.45) is 0 Å². The number of hydrogen-bond acceptors (Lipinski definition) is 3. The molecule has 1 fully saturated rings. The maximum atomic E-state index is 11.0. The lowest BCUT2D eigenvalue weighted by Gasteiger charge is -2.01. The SMILES string of the molecule is O=C(OCc1ccccc1)[C@@H]1CO1. The van der Waals surface area contributed by atoms with Crippen LogP contribution >= 0.6 is 0 Å². The average Bonchev–Trinajstić information content (AvgIpc) is 2.99. The molecule has 2 rings (SSSR count). The summed E-state index contributed by atoms with van der Waals surface area (Å²) in [5.41, 5.74) is 0.997. The molecule has 0 amide bonds. The van der Waals surface area contributed by atoms with E-state index < -0.39 is 0 Å². The zero-order valence-electron chi connectivity index (χ0n) is 7.10. The highest BCUT2D eigenvalue weighted by molar-refractivity contribution is 5.76. The summed E-state index contributed by atoms with van der Waals surface area (Å²) in [5, 5.41) is 0. The molecule has 3 heteroatoms. The van der Waals surface area contributed by atoms with Crippen LogP contribution in [0, 0.1) is 0 Å². The van der Waals surface area contributed by atoms with Gasteiger partial charge in [-0.15, -0.1) is 0 Å². The molecule has 0 aromatic heterocycles. The zero-order valence-corrected chi connectivity index (χ0v) is 7.10. The predicted molar refractivity (Wildman–Crippen MR) is 46.0 cm³/mol. The van der Waals surface area contributed by atoms with Crippen molar-refractivity contribution in [3.8, 4) is 0 Å². The summed E-state index contributed by atoms with van der Waals surface area (Å²) in [5.74, 6) is -0.260. The number of benzene rings is 1. The van der Waals surface area contributed by atoms with Crippen molar-refractivity contribution in [1.29, 1.82) is 0 Å². The molecule has 1 aliphatic heterocycles. The van der Waals surface area contributed by atoms with Gasteiger partial charge in [-0.1, -0.05) is 30.3 Å². The van der Waals surface area contributed by atoms with E-state index >= 15 is 0 Å². The third-order valence-electron chi connectivity index (χ3n) is 1.82. The fourth-order valence-corrected chi connectivity index (χ4v) is 1.01. The summed E-state index contributed by atoms with van der Waals surface area (Å²) in [6.07, 6.45) is -0.302. The van der Waals surface area contributed by atoms with E-state index in [-0.39, 0.29) is 12.1 Å². The van der Waals surface area contributed by atoms with Gasteiger partial charge >= 0.3 is 5.97 Å². The van der Waals surface area contributed by atoms with Gasteiger partial charge in [-0.3, -0.25) is 0 Å². The number of epoxide rings is 1. The Morgan fingerprint density at radius 1 is 1.46 bits per heavy atom. The van der Waals surface area contributed by atoms with Crippen LogP contribution in [-0.2, 0) is 20.9 Å². The summed E-state index contributed by atoms with van der Waals surface area (Å²) in [4.78, 5) is 11.0. The van der Waals surface area contributed by atoms with Crippen LogP contribution in [0.5, 0.6) is 0 Å². The second-order valence-electron chi connectivity index (χ2n) is 2.92. The lowest BCUT2D eigenvalue weighted by Crippen LogP contribution is -2.10. The molecule has 0 saturated carbocycles. The van der Waals surface area contributed by atoms with E-state index in [9.17, 15) is 4.79 Å². The van der Waals surface area contributed by atoms with E-state index in [1.54, 1.807) is 0 Å². The number of esters is 1. The van der Waals surface area contributed by atoms with Gasteiger partial charge in [-0.25, -0.2) is 4.79 Å². The molecule has 1 aromatic rings. The van der Waals surface area contributed by atoms with E-state index in [1.165, 1.54) is 0 Å². The number of ether oxygens (including phenoxy) is 2. The Balaban J connectivity index is 1.82. The van der Waals surface area contributed by atoms with Crippen molar-refractivity contribution in [2.45, 2.75) is 12.7 Å². The quantitative estimate of drug-likeness (QED) is 0.514. The number of rotatable bonds is 3. The Kier molecular flexibility index (Phi) is 2.27. The lowest BCUT2D eigenvalue weighted by molar-refractivity contribution is -0.146. The Hall–Kier alpha value is -1.35. The number of carbonyl (C=O) groups is 1. The van der Waals surface area contributed by atoms with Gasteiger partial charge in [-0.05, 0) is 5.56 Å². The highest BCUT2D eigenvalue weighted by atomic mass is 16.6. The molecule has 0 aliphatic carbocycles. The highest BCUT2D eigenvalue weighted by Gasteiger charge is 2.32. The fourth-order valence-electron chi connectivity index (χ4n) is 1.01. The Labute approximate surface area is 76.3 Å². The molecular weight excluding hydrogens is 168 g/mol. The minimum absolute atomic E-state index is 0.260. The Bertz CT molecular complexity index is 290. The molecule has 13 heavy (non-hydrogen) atoms. The third-order valence-corrected chi connectivity index (χ3v) is 1.82. The van der Waals surface area contributed by atoms with Crippen LogP contribution in [0.25, 0.3) is 0 Å². The molecule has 0 radical (unpaired) electrons. The molecule has 0 unspecified atom stereocenters. The van der Waals surface area contributed by atoms with Crippen LogP contribution in [-0.4, -0.2) is 18.7 Å². The first-order chi connectivity index (χ1) is 6.36. The second-order valence-corrected chi connectivity index (χ2v) is 2.92. The fraction of sp³-hybridized carbons (Fsp3) is 0.300. The maximum Gasteiger partial charge on any atom is 0.338 e. The van der Waals surface area contributed by atoms with Gasteiger partial charge in [0, 0.05) is 0 Å². The van der Waals surface area contributed by atoms with Gasteiger partial charge in [-0.2, -0.15) is 0 Å². The molecule has 1 heterocycles. The monoisotopic (exact) mass is 178 g/mol. The zero-order chi connectivity index (χ0) is 9.10. The minimum atomic E-state index is -0.302. The standard InChI is InChI=1S/C10H10O3/c11-10(9-7-12-9)13-6-8-4-2-1-3-5-8/h1-5,9H,6-7H2/t9-/m0/s1. The van der Waals surface area contributed by atoms with Crippen molar-refractivity contribution in [1.82, 2.24) is 0 Å². The van der Waals surface area contributed by atoms with Crippen LogP contribution in [0.2, 0.25) is 0 Å². The summed E-state index contributed by atoms with van der Waals surface area (Å²) < 4.78 is 9.77. The van der Waals surface area contributed by atoms with E-state index in [1.807, 2.05) is 30.3 Å². The normalized spacial score (nSPS) is 19.5. The van der Waals surface area contributed by atoms with Crippen molar-refractivity contribution < 1.29 is 14.3 Å². The van der Waals surface area contributed by atoms with E-state index in [4.69, 9.17) is 9.47 Å². The second kappa shape index (κ2) is 3.58. The van der Waals surface area contributed by atoms with Crippen molar-refractivity contribution in [2.75, 3.05) is 6.61 Å². The Morgan fingerprint density at radius 2 is 2.15 bits per heavy atom. The van der Waals surface area contributed by atoms with Crippen molar-refractivity contribution >= 4 is 5.97 Å².